The van der Waals surface area contributed by atoms with Gasteiger partial charge in [-0.05, 0) is 30.5 Å². The van der Waals surface area contributed by atoms with Crippen LogP contribution in [-0.2, 0) is 6.54 Å². The summed E-state index contributed by atoms with van der Waals surface area (Å²) >= 11 is 0. The van der Waals surface area contributed by atoms with E-state index in [1.54, 1.807) is 7.11 Å². The van der Waals surface area contributed by atoms with Crippen LogP contribution in [0.1, 0.15) is 18.4 Å². The molecule has 1 aromatic rings. The Morgan fingerprint density at radius 1 is 1.38 bits per heavy atom. The van der Waals surface area contributed by atoms with E-state index in [-0.39, 0.29) is 0 Å². The van der Waals surface area contributed by atoms with Gasteiger partial charge >= 0.3 is 0 Å². The number of ether oxygens (including phenoxy) is 1. The minimum Gasteiger partial charge on any atom is -0.497 e. The minimum atomic E-state index is 0.778. The number of hydrogen-bond donors (Lipinski definition) is 0. The van der Waals surface area contributed by atoms with E-state index in [4.69, 9.17) is 4.74 Å². The van der Waals surface area contributed by atoms with Crippen molar-refractivity contribution < 1.29 is 4.74 Å². The van der Waals surface area contributed by atoms with Gasteiger partial charge in [0.05, 0.1) is 7.11 Å². The van der Waals surface area contributed by atoms with Crippen LogP contribution in [0.15, 0.2) is 36.9 Å². The molecule has 0 atom stereocenters. The van der Waals surface area contributed by atoms with Gasteiger partial charge in [-0.1, -0.05) is 18.2 Å². The molecule has 16 heavy (non-hydrogen) atoms. The van der Waals surface area contributed by atoms with E-state index < -0.39 is 0 Å². The first-order valence-corrected chi connectivity index (χ1v) is 5.81. The second kappa shape index (κ2) is 5.17. The molecule has 0 spiro atoms. The van der Waals surface area contributed by atoms with Crippen molar-refractivity contribution in [3.05, 3.63) is 42.5 Å². The summed E-state index contributed by atoms with van der Waals surface area (Å²) in [4.78, 5) is 2.48. The number of nitrogens with zero attached hydrogens (tertiary/aromatic N) is 1. The molecule has 2 nitrogen and oxygen atoms in total. The summed E-state index contributed by atoms with van der Waals surface area (Å²) in [5.74, 6) is 0.922. The van der Waals surface area contributed by atoms with Gasteiger partial charge in [0.25, 0.3) is 0 Å². The van der Waals surface area contributed by atoms with Crippen LogP contribution in [0.3, 0.4) is 0 Å². The van der Waals surface area contributed by atoms with Crippen molar-refractivity contribution in [3.63, 3.8) is 0 Å². The van der Waals surface area contributed by atoms with Gasteiger partial charge in [0.15, 0.2) is 0 Å². The lowest BCUT2D eigenvalue weighted by atomic mass is 10.2. The van der Waals surface area contributed by atoms with Gasteiger partial charge in [-0.15, -0.1) is 6.58 Å². The number of methoxy groups -OCH3 is 1. The summed E-state index contributed by atoms with van der Waals surface area (Å²) in [5, 5.41) is 0. The fourth-order valence-electron chi connectivity index (χ4n) is 1.91. The van der Waals surface area contributed by atoms with Gasteiger partial charge in [0.2, 0.25) is 0 Å². The average Bonchev–Trinajstić information content (AvgIpc) is 3.13. The van der Waals surface area contributed by atoms with Gasteiger partial charge < -0.3 is 4.74 Å². The van der Waals surface area contributed by atoms with Crippen molar-refractivity contribution in [2.75, 3.05) is 13.7 Å². The van der Waals surface area contributed by atoms with Crippen molar-refractivity contribution in [1.29, 1.82) is 0 Å². The van der Waals surface area contributed by atoms with Gasteiger partial charge in [0.1, 0.15) is 5.75 Å². The third kappa shape index (κ3) is 2.86. The standard InChI is InChI=1S/C14H19NO/c1-3-10-15(13-6-7-13)11-12-4-8-14(16-2)9-5-12/h3-5,8-9,13H,1,6-7,10-11H2,2H3. The lowest BCUT2D eigenvalue weighted by molar-refractivity contribution is 0.283. The highest BCUT2D eigenvalue weighted by molar-refractivity contribution is 5.27. The van der Waals surface area contributed by atoms with Crippen molar-refractivity contribution in [1.82, 2.24) is 4.90 Å². The lowest BCUT2D eigenvalue weighted by Gasteiger charge is -2.20. The summed E-state index contributed by atoms with van der Waals surface area (Å²) in [5.41, 5.74) is 1.34. The molecule has 0 aromatic heterocycles. The summed E-state index contributed by atoms with van der Waals surface area (Å²) in [6.07, 6.45) is 4.66. The Bertz CT molecular complexity index is 340. The zero-order chi connectivity index (χ0) is 11.4. The summed E-state index contributed by atoms with van der Waals surface area (Å²) in [6, 6.07) is 9.09. The molecule has 2 rings (SSSR count). The molecule has 1 fully saturated rings. The maximum atomic E-state index is 5.15. The Kier molecular flexibility index (Phi) is 3.62. The molecule has 0 unspecified atom stereocenters. The van der Waals surface area contributed by atoms with Crippen molar-refractivity contribution >= 4 is 0 Å². The van der Waals surface area contributed by atoms with Crippen LogP contribution < -0.4 is 4.74 Å². The smallest absolute Gasteiger partial charge is 0.118 e. The second-order valence-electron chi connectivity index (χ2n) is 4.30. The van der Waals surface area contributed by atoms with E-state index in [0.717, 1.165) is 24.9 Å². The first-order valence-electron chi connectivity index (χ1n) is 5.81. The van der Waals surface area contributed by atoms with Crippen molar-refractivity contribution in [2.24, 2.45) is 0 Å². The van der Waals surface area contributed by atoms with Crippen molar-refractivity contribution in [3.8, 4) is 5.75 Å². The van der Waals surface area contributed by atoms with Crippen LogP contribution in [0.2, 0.25) is 0 Å². The minimum absolute atomic E-state index is 0.778. The fraction of sp³-hybridized carbons (Fsp3) is 0.429. The van der Waals surface area contributed by atoms with Crippen LogP contribution in [-0.4, -0.2) is 24.6 Å². The molecule has 0 amide bonds. The van der Waals surface area contributed by atoms with E-state index in [0.29, 0.717) is 0 Å². The quantitative estimate of drug-likeness (QED) is 0.679. The predicted octanol–water partition coefficient (Wildman–Crippen LogP) is 2.85. The van der Waals surface area contributed by atoms with Crippen LogP contribution in [0.5, 0.6) is 5.75 Å². The first-order chi connectivity index (χ1) is 7.83. The maximum Gasteiger partial charge on any atom is 0.118 e. The Labute approximate surface area is 97.5 Å². The highest BCUT2D eigenvalue weighted by Gasteiger charge is 2.27. The van der Waals surface area contributed by atoms with E-state index in [9.17, 15) is 0 Å². The molecule has 1 aliphatic carbocycles. The third-order valence-corrected chi connectivity index (χ3v) is 2.97. The SMILES string of the molecule is C=CCN(Cc1ccc(OC)cc1)C1CC1. The zero-order valence-corrected chi connectivity index (χ0v) is 9.86. The number of benzene rings is 1. The Balaban J connectivity index is 1.97. The van der Waals surface area contributed by atoms with E-state index >= 15 is 0 Å². The molecule has 0 radical (unpaired) electrons. The topological polar surface area (TPSA) is 12.5 Å². The Hall–Kier alpha value is -1.28. The summed E-state index contributed by atoms with van der Waals surface area (Å²) in [7, 11) is 1.70. The van der Waals surface area contributed by atoms with Crippen LogP contribution >= 0.6 is 0 Å². The number of hydrogen-bond acceptors (Lipinski definition) is 2. The molecule has 0 N–H and O–H groups in total. The van der Waals surface area contributed by atoms with E-state index in [1.165, 1.54) is 18.4 Å². The van der Waals surface area contributed by atoms with Crippen LogP contribution in [0, 0.1) is 0 Å². The monoisotopic (exact) mass is 217 g/mol. The highest BCUT2D eigenvalue weighted by Crippen LogP contribution is 2.28. The Morgan fingerprint density at radius 2 is 2.06 bits per heavy atom. The van der Waals surface area contributed by atoms with Gasteiger partial charge in [-0.3, -0.25) is 4.90 Å². The Morgan fingerprint density at radius 3 is 2.56 bits per heavy atom. The average molecular weight is 217 g/mol. The van der Waals surface area contributed by atoms with Gasteiger partial charge in [0, 0.05) is 19.1 Å². The largest absolute Gasteiger partial charge is 0.497 e. The molecule has 0 aliphatic heterocycles. The molecule has 1 aromatic carbocycles. The molecule has 86 valence electrons. The third-order valence-electron chi connectivity index (χ3n) is 2.97. The van der Waals surface area contributed by atoms with Crippen LogP contribution in [0.25, 0.3) is 0 Å². The summed E-state index contributed by atoms with van der Waals surface area (Å²) < 4.78 is 5.15. The molecule has 1 saturated carbocycles. The van der Waals surface area contributed by atoms with E-state index in [2.05, 4.69) is 23.6 Å². The highest BCUT2D eigenvalue weighted by atomic mass is 16.5. The maximum absolute atomic E-state index is 5.15. The first kappa shape index (κ1) is 11.2. The van der Waals surface area contributed by atoms with E-state index in [1.807, 2.05) is 18.2 Å². The van der Waals surface area contributed by atoms with Crippen LogP contribution in [0.4, 0.5) is 0 Å². The summed E-state index contributed by atoms with van der Waals surface area (Å²) in [6.45, 7) is 5.82. The molecule has 0 bridgehead atoms. The zero-order valence-electron chi connectivity index (χ0n) is 9.86. The molecule has 1 aliphatic rings. The second-order valence-corrected chi connectivity index (χ2v) is 4.30. The molecular weight excluding hydrogens is 198 g/mol. The molecule has 2 heteroatoms. The molecular formula is C14H19NO. The molecule has 0 heterocycles. The van der Waals surface area contributed by atoms with Gasteiger partial charge in [-0.25, -0.2) is 0 Å². The fourth-order valence-corrected chi connectivity index (χ4v) is 1.91. The predicted molar refractivity (Wildman–Crippen MR) is 66.6 cm³/mol. The lowest BCUT2D eigenvalue weighted by Crippen LogP contribution is -2.25. The van der Waals surface area contributed by atoms with Crippen molar-refractivity contribution in [2.45, 2.75) is 25.4 Å². The normalized spacial score (nSPS) is 15.1. The van der Waals surface area contributed by atoms with Gasteiger partial charge in [-0.2, -0.15) is 0 Å². The molecule has 0 saturated heterocycles. The number of rotatable bonds is 6.